The third kappa shape index (κ3) is 4.16. The summed E-state index contributed by atoms with van der Waals surface area (Å²) in [6, 6.07) is 4.21. The molecule has 3 heteroatoms. The van der Waals surface area contributed by atoms with E-state index >= 15 is 0 Å². The van der Waals surface area contributed by atoms with Crippen LogP contribution in [-0.2, 0) is 5.88 Å². The van der Waals surface area contributed by atoms with Crippen LogP contribution in [0.4, 0.5) is 5.82 Å². The Balaban J connectivity index is 2.96. The maximum absolute atomic E-state index is 5.97. The first-order valence-electron chi connectivity index (χ1n) is 6.75. The summed E-state index contributed by atoms with van der Waals surface area (Å²) < 4.78 is 0. The van der Waals surface area contributed by atoms with E-state index in [4.69, 9.17) is 16.6 Å². The molecule has 0 aliphatic rings. The molecule has 0 saturated heterocycles. The quantitative estimate of drug-likeness (QED) is 0.710. The third-order valence-electron chi connectivity index (χ3n) is 3.31. The van der Waals surface area contributed by atoms with Crippen LogP contribution in [0.1, 0.15) is 51.3 Å². The van der Waals surface area contributed by atoms with Crippen molar-refractivity contribution in [2.24, 2.45) is 5.92 Å². The molecule has 2 nitrogen and oxygen atoms in total. The van der Waals surface area contributed by atoms with Crippen LogP contribution in [-0.4, -0.2) is 18.6 Å². The van der Waals surface area contributed by atoms with E-state index in [0.717, 1.165) is 23.6 Å². The van der Waals surface area contributed by atoms with E-state index in [0.29, 0.717) is 17.7 Å². The maximum Gasteiger partial charge on any atom is 0.128 e. The van der Waals surface area contributed by atoms with Crippen molar-refractivity contribution in [1.82, 2.24) is 4.98 Å². The highest BCUT2D eigenvalue weighted by Crippen LogP contribution is 2.21. The Kier molecular flexibility index (Phi) is 5.94. The summed E-state index contributed by atoms with van der Waals surface area (Å²) in [6.45, 7) is 9.86. The van der Waals surface area contributed by atoms with Gasteiger partial charge in [-0.05, 0) is 29.5 Å². The lowest BCUT2D eigenvalue weighted by atomic mass is 10.1. The number of pyridine rings is 1. The van der Waals surface area contributed by atoms with Crippen LogP contribution >= 0.6 is 11.6 Å². The molecule has 0 saturated carbocycles. The Morgan fingerprint density at radius 2 is 1.94 bits per heavy atom. The average molecular weight is 269 g/mol. The van der Waals surface area contributed by atoms with Crippen LogP contribution in [0.25, 0.3) is 0 Å². The van der Waals surface area contributed by atoms with Gasteiger partial charge in [0.25, 0.3) is 0 Å². The molecule has 0 radical (unpaired) electrons. The summed E-state index contributed by atoms with van der Waals surface area (Å²) in [4.78, 5) is 6.97. The highest BCUT2D eigenvalue weighted by atomic mass is 35.5. The first-order valence-corrected chi connectivity index (χ1v) is 7.29. The minimum Gasteiger partial charge on any atom is -0.359 e. The molecule has 0 amide bonds. The summed E-state index contributed by atoms with van der Waals surface area (Å²) in [5.41, 5.74) is 2.28. The second-order valence-electron chi connectivity index (χ2n) is 5.44. The van der Waals surface area contributed by atoms with Gasteiger partial charge in [-0.2, -0.15) is 0 Å². The molecule has 0 aliphatic heterocycles. The first kappa shape index (κ1) is 15.3. The fraction of sp³-hybridized carbons (Fsp3) is 0.667. The molecule has 0 fully saturated rings. The minimum atomic E-state index is 0.434. The van der Waals surface area contributed by atoms with Crippen molar-refractivity contribution in [3.63, 3.8) is 0 Å². The number of alkyl halides is 1. The van der Waals surface area contributed by atoms with E-state index in [1.54, 1.807) is 0 Å². The SMILES string of the molecule is CCC(C)CN(C)c1cc(CCl)cc(C(C)C)n1. The van der Waals surface area contributed by atoms with E-state index in [1.807, 2.05) is 0 Å². The molecule has 1 atom stereocenters. The standard InChI is InChI=1S/C15H25ClN2/c1-6-12(4)10-18(5)15-8-13(9-16)7-14(17-15)11(2)3/h7-8,11-12H,6,9-10H2,1-5H3. The largest absolute Gasteiger partial charge is 0.359 e. The monoisotopic (exact) mass is 268 g/mol. The Labute approximate surface area is 116 Å². The smallest absolute Gasteiger partial charge is 0.128 e. The van der Waals surface area contributed by atoms with Crippen molar-refractivity contribution in [3.05, 3.63) is 23.4 Å². The third-order valence-corrected chi connectivity index (χ3v) is 3.62. The molecule has 1 rings (SSSR count). The number of nitrogens with zero attached hydrogens (tertiary/aromatic N) is 2. The lowest BCUT2D eigenvalue weighted by molar-refractivity contribution is 0.557. The lowest BCUT2D eigenvalue weighted by Gasteiger charge is -2.23. The van der Waals surface area contributed by atoms with E-state index in [2.05, 4.69) is 51.8 Å². The first-order chi connectivity index (χ1) is 8.47. The van der Waals surface area contributed by atoms with Gasteiger partial charge in [0.15, 0.2) is 0 Å². The van der Waals surface area contributed by atoms with Gasteiger partial charge in [0.05, 0.1) is 0 Å². The summed E-state index contributed by atoms with van der Waals surface area (Å²) in [6.07, 6.45) is 1.19. The zero-order valence-corrected chi connectivity index (χ0v) is 13.0. The summed E-state index contributed by atoms with van der Waals surface area (Å²) in [7, 11) is 2.11. The molecule has 1 heterocycles. The van der Waals surface area contributed by atoms with Gasteiger partial charge >= 0.3 is 0 Å². The zero-order valence-electron chi connectivity index (χ0n) is 12.2. The number of hydrogen-bond acceptors (Lipinski definition) is 2. The molecule has 0 bridgehead atoms. The Hall–Kier alpha value is -0.760. The topological polar surface area (TPSA) is 16.1 Å². The maximum atomic E-state index is 5.97. The van der Waals surface area contributed by atoms with Gasteiger partial charge in [-0.15, -0.1) is 11.6 Å². The van der Waals surface area contributed by atoms with Gasteiger partial charge in [0.1, 0.15) is 5.82 Å². The predicted molar refractivity (Wildman–Crippen MR) is 80.6 cm³/mol. The lowest BCUT2D eigenvalue weighted by Crippen LogP contribution is -2.25. The van der Waals surface area contributed by atoms with Gasteiger partial charge in [0, 0.05) is 25.2 Å². The number of hydrogen-bond donors (Lipinski definition) is 0. The number of halogens is 1. The molecule has 1 unspecified atom stereocenters. The molecule has 0 N–H and O–H groups in total. The fourth-order valence-electron chi connectivity index (χ4n) is 1.85. The molecule has 0 aromatic carbocycles. The minimum absolute atomic E-state index is 0.434. The van der Waals surface area contributed by atoms with Crippen LogP contribution in [0.3, 0.4) is 0 Å². The molecule has 0 aliphatic carbocycles. The summed E-state index contributed by atoms with van der Waals surface area (Å²) >= 11 is 5.97. The van der Waals surface area contributed by atoms with Crippen molar-refractivity contribution in [2.45, 2.75) is 45.9 Å². The Morgan fingerprint density at radius 3 is 2.44 bits per heavy atom. The molecular formula is C15H25ClN2. The highest BCUT2D eigenvalue weighted by molar-refractivity contribution is 6.17. The van der Waals surface area contributed by atoms with Crippen LogP contribution in [0.2, 0.25) is 0 Å². The van der Waals surface area contributed by atoms with Gasteiger partial charge in [0.2, 0.25) is 0 Å². The highest BCUT2D eigenvalue weighted by Gasteiger charge is 2.11. The van der Waals surface area contributed by atoms with Crippen molar-refractivity contribution >= 4 is 17.4 Å². The number of anilines is 1. The van der Waals surface area contributed by atoms with Crippen LogP contribution in [0, 0.1) is 5.92 Å². The summed E-state index contributed by atoms with van der Waals surface area (Å²) in [5.74, 6) is 2.70. The molecular weight excluding hydrogens is 244 g/mol. The molecule has 102 valence electrons. The number of aromatic nitrogens is 1. The van der Waals surface area contributed by atoms with Crippen molar-refractivity contribution in [3.8, 4) is 0 Å². The average Bonchev–Trinajstić information content (AvgIpc) is 2.37. The van der Waals surface area contributed by atoms with Crippen molar-refractivity contribution in [1.29, 1.82) is 0 Å². The Morgan fingerprint density at radius 1 is 1.28 bits per heavy atom. The molecule has 1 aromatic rings. The van der Waals surface area contributed by atoms with Crippen molar-refractivity contribution in [2.75, 3.05) is 18.5 Å². The number of rotatable bonds is 6. The normalized spacial score (nSPS) is 12.8. The van der Waals surface area contributed by atoms with Gasteiger partial charge in [-0.3, -0.25) is 0 Å². The molecule has 18 heavy (non-hydrogen) atoms. The van der Waals surface area contributed by atoms with Gasteiger partial charge < -0.3 is 4.90 Å². The second-order valence-corrected chi connectivity index (χ2v) is 5.71. The van der Waals surface area contributed by atoms with E-state index in [-0.39, 0.29) is 0 Å². The van der Waals surface area contributed by atoms with Crippen LogP contribution in [0.5, 0.6) is 0 Å². The van der Waals surface area contributed by atoms with Crippen LogP contribution in [0.15, 0.2) is 12.1 Å². The zero-order chi connectivity index (χ0) is 13.7. The second kappa shape index (κ2) is 6.98. The predicted octanol–water partition coefficient (Wildman–Crippen LogP) is 4.43. The van der Waals surface area contributed by atoms with Gasteiger partial charge in [-0.1, -0.05) is 34.1 Å². The van der Waals surface area contributed by atoms with E-state index < -0.39 is 0 Å². The molecule has 0 spiro atoms. The molecule has 1 aromatic heterocycles. The van der Waals surface area contributed by atoms with Crippen molar-refractivity contribution < 1.29 is 0 Å². The summed E-state index contributed by atoms with van der Waals surface area (Å²) in [5, 5.41) is 0. The Bertz CT molecular complexity index is 377. The van der Waals surface area contributed by atoms with E-state index in [1.165, 1.54) is 6.42 Å². The fourth-order valence-corrected chi connectivity index (χ4v) is 2.01. The van der Waals surface area contributed by atoms with E-state index in [9.17, 15) is 0 Å². The van der Waals surface area contributed by atoms with Crippen LogP contribution < -0.4 is 4.90 Å². The van der Waals surface area contributed by atoms with Gasteiger partial charge in [-0.25, -0.2) is 4.98 Å².